The van der Waals surface area contributed by atoms with Gasteiger partial charge in [-0.15, -0.1) is 11.3 Å². The van der Waals surface area contributed by atoms with E-state index in [9.17, 15) is 5.11 Å². The van der Waals surface area contributed by atoms with Crippen molar-refractivity contribution in [3.05, 3.63) is 76.0 Å². The summed E-state index contributed by atoms with van der Waals surface area (Å²) >= 11 is 1.64. The fraction of sp³-hybridized carbons (Fsp3) is 0.176. The highest BCUT2D eigenvalue weighted by atomic mass is 32.1. The zero-order valence-electron chi connectivity index (χ0n) is 12.2. The number of nitrogens with zero attached hydrogens (tertiary/aromatic N) is 3. The molecule has 0 bridgehead atoms. The molecule has 2 aromatic carbocycles. The van der Waals surface area contributed by atoms with Gasteiger partial charge in [0.25, 0.3) is 0 Å². The molecule has 5 nitrogen and oxygen atoms in total. The molecule has 0 saturated heterocycles. The van der Waals surface area contributed by atoms with Crippen LogP contribution in [0.2, 0.25) is 0 Å². The number of fused-ring (bicyclic) bond motifs is 1. The molecule has 3 rings (SSSR count). The monoisotopic (exact) mass is 325 g/mol. The van der Waals surface area contributed by atoms with Gasteiger partial charge in [-0.2, -0.15) is 0 Å². The molecule has 116 valence electrons. The standard InChI is InChI=1S/C17H15N3O2S/c18-20-19-11-14(21)17(12-5-2-1-3-6-12)22-15-7-4-8-16-13(15)9-10-23-16/h1-10,14,17,21H,11H2/t14-,17-/m0/s1. The molecule has 1 N–H and O–H groups in total. The van der Waals surface area contributed by atoms with Crippen LogP contribution in [0, 0.1) is 0 Å². The fourth-order valence-corrected chi connectivity index (χ4v) is 3.24. The highest BCUT2D eigenvalue weighted by Gasteiger charge is 2.23. The summed E-state index contributed by atoms with van der Waals surface area (Å²) in [5.74, 6) is 0.706. The zero-order chi connectivity index (χ0) is 16.1. The van der Waals surface area contributed by atoms with Crippen molar-refractivity contribution >= 4 is 21.4 Å². The largest absolute Gasteiger partial charge is 0.482 e. The van der Waals surface area contributed by atoms with Gasteiger partial charge >= 0.3 is 0 Å². The van der Waals surface area contributed by atoms with Gasteiger partial charge in [0.1, 0.15) is 18.0 Å². The topological polar surface area (TPSA) is 78.2 Å². The Bertz CT molecular complexity index is 828. The summed E-state index contributed by atoms with van der Waals surface area (Å²) in [5, 5.41) is 16.9. The minimum atomic E-state index is -0.929. The van der Waals surface area contributed by atoms with E-state index in [1.807, 2.05) is 60.0 Å². The van der Waals surface area contributed by atoms with E-state index >= 15 is 0 Å². The predicted molar refractivity (Wildman–Crippen MR) is 91.7 cm³/mol. The fourth-order valence-electron chi connectivity index (χ4n) is 2.43. The smallest absolute Gasteiger partial charge is 0.150 e. The van der Waals surface area contributed by atoms with Crippen molar-refractivity contribution in [3.8, 4) is 5.75 Å². The van der Waals surface area contributed by atoms with Crippen LogP contribution in [0.15, 0.2) is 65.1 Å². The van der Waals surface area contributed by atoms with Crippen molar-refractivity contribution in [1.29, 1.82) is 0 Å². The van der Waals surface area contributed by atoms with Crippen molar-refractivity contribution < 1.29 is 9.84 Å². The molecule has 0 radical (unpaired) electrons. The molecule has 0 unspecified atom stereocenters. The highest BCUT2D eigenvalue weighted by Crippen LogP contribution is 2.33. The quantitative estimate of drug-likeness (QED) is 0.405. The Balaban J connectivity index is 1.95. The molecule has 23 heavy (non-hydrogen) atoms. The summed E-state index contributed by atoms with van der Waals surface area (Å²) in [5.41, 5.74) is 9.31. The van der Waals surface area contributed by atoms with Gasteiger partial charge in [0.2, 0.25) is 0 Å². The van der Waals surface area contributed by atoms with Crippen LogP contribution in [0.4, 0.5) is 0 Å². The molecule has 2 atom stereocenters. The maximum Gasteiger partial charge on any atom is 0.150 e. The van der Waals surface area contributed by atoms with Crippen LogP contribution in [0.1, 0.15) is 11.7 Å². The molecule has 0 aliphatic rings. The van der Waals surface area contributed by atoms with Crippen LogP contribution < -0.4 is 4.74 Å². The summed E-state index contributed by atoms with van der Waals surface area (Å²) in [4.78, 5) is 2.71. The summed E-state index contributed by atoms with van der Waals surface area (Å²) in [6.07, 6.45) is -1.53. The van der Waals surface area contributed by atoms with E-state index in [-0.39, 0.29) is 6.54 Å². The molecule has 0 amide bonds. The van der Waals surface area contributed by atoms with Gasteiger partial charge in [-0.05, 0) is 34.7 Å². The molecule has 0 aliphatic carbocycles. The van der Waals surface area contributed by atoms with Crippen molar-refractivity contribution in [1.82, 2.24) is 0 Å². The number of hydrogen-bond donors (Lipinski definition) is 1. The van der Waals surface area contributed by atoms with E-state index < -0.39 is 12.2 Å². The van der Waals surface area contributed by atoms with E-state index in [0.717, 1.165) is 15.6 Å². The number of aliphatic hydroxyl groups excluding tert-OH is 1. The maximum absolute atomic E-state index is 10.4. The number of ether oxygens (including phenoxy) is 1. The van der Waals surface area contributed by atoms with Crippen LogP contribution in [0.5, 0.6) is 5.75 Å². The van der Waals surface area contributed by atoms with Crippen LogP contribution in [-0.2, 0) is 0 Å². The Hall–Kier alpha value is -2.53. The minimum absolute atomic E-state index is 0.0460. The Labute approximate surface area is 137 Å². The molecule has 3 aromatic rings. The lowest BCUT2D eigenvalue weighted by Crippen LogP contribution is -2.26. The summed E-state index contributed by atoms with van der Waals surface area (Å²) in [7, 11) is 0. The molecule has 6 heteroatoms. The van der Waals surface area contributed by atoms with Crippen molar-refractivity contribution in [3.63, 3.8) is 0 Å². The minimum Gasteiger partial charge on any atom is -0.482 e. The van der Waals surface area contributed by atoms with Gasteiger partial charge in [-0.25, -0.2) is 0 Å². The normalized spacial score (nSPS) is 13.3. The first-order valence-electron chi connectivity index (χ1n) is 7.16. The van der Waals surface area contributed by atoms with E-state index in [2.05, 4.69) is 10.0 Å². The van der Waals surface area contributed by atoms with Crippen LogP contribution in [0.25, 0.3) is 20.5 Å². The Kier molecular flexibility index (Phi) is 4.78. The van der Waals surface area contributed by atoms with Gasteiger partial charge < -0.3 is 9.84 Å². The number of aliphatic hydroxyl groups is 1. The second-order valence-corrected chi connectivity index (χ2v) is 5.97. The molecular weight excluding hydrogens is 310 g/mol. The number of rotatable bonds is 6. The van der Waals surface area contributed by atoms with E-state index in [1.54, 1.807) is 11.3 Å². The number of thiophene rings is 1. The van der Waals surface area contributed by atoms with E-state index in [1.165, 1.54) is 0 Å². The SMILES string of the molecule is [N-]=[N+]=NC[C@H](O)[C@@H](Oc1cccc2sccc12)c1ccccc1. The van der Waals surface area contributed by atoms with E-state index in [0.29, 0.717) is 5.75 Å². The van der Waals surface area contributed by atoms with Crippen molar-refractivity contribution in [2.24, 2.45) is 5.11 Å². The molecule has 0 saturated carbocycles. The zero-order valence-corrected chi connectivity index (χ0v) is 13.1. The van der Waals surface area contributed by atoms with Gasteiger partial charge in [0.15, 0.2) is 0 Å². The average molecular weight is 325 g/mol. The predicted octanol–water partition coefficient (Wildman–Crippen LogP) is 4.69. The Morgan fingerprint density at radius 2 is 1.96 bits per heavy atom. The molecule has 0 aliphatic heterocycles. The molecule has 0 spiro atoms. The van der Waals surface area contributed by atoms with E-state index in [4.69, 9.17) is 10.3 Å². The van der Waals surface area contributed by atoms with Crippen molar-refractivity contribution in [2.75, 3.05) is 6.54 Å². The lowest BCUT2D eigenvalue weighted by molar-refractivity contribution is 0.0424. The molecular formula is C17H15N3O2S. The molecule has 1 aromatic heterocycles. The Morgan fingerprint density at radius 3 is 2.74 bits per heavy atom. The van der Waals surface area contributed by atoms with Gasteiger partial charge in [-0.3, -0.25) is 0 Å². The van der Waals surface area contributed by atoms with Crippen LogP contribution >= 0.6 is 11.3 Å². The average Bonchev–Trinajstić information content (AvgIpc) is 3.07. The van der Waals surface area contributed by atoms with Crippen LogP contribution in [-0.4, -0.2) is 17.8 Å². The Morgan fingerprint density at radius 1 is 1.13 bits per heavy atom. The maximum atomic E-state index is 10.4. The first kappa shape index (κ1) is 15.4. The number of benzene rings is 2. The van der Waals surface area contributed by atoms with Gasteiger partial charge in [0, 0.05) is 15.0 Å². The second kappa shape index (κ2) is 7.15. The third-order valence-electron chi connectivity index (χ3n) is 3.52. The van der Waals surface area contributed by atoms with Crippen LogP contribution in [0.3, 0.4) is 0 Å². The summed E-state index contributed by atoms with van der Waals surface area (Å²) < 4.78 is 7.23. The van der Waals surface area contributed by atoms with Crippen molar-refractivity contribution in [2.45, 2.75) is 12.2 Å². The number of azide groups is 1. The first-order valence-corrected chi connectivity index (χ1v) is 8.04. The third kappa shape index (κ3) is 3.46. The summed E-state index contributed by atoms with van der Waals surface area (Å²) in [6.45, 7) is -0.0460. The first-order chi connectivity index (χ1) is 11.3. The van der Waals surface area contributed by atoms with Gasteiger partial charge in [0.05, 0.1) is 6.54 Å². The lowest BCUT2D eigenvalue weighted by atomic mass is 10.0. The molecule has 1 heterocycles. The summed E-state index contributed by atoms with van der Waals surface area (Å²) in [6, 6.07) is 17.3. The highest BCUT2D eigenvalue weighted by molar-refractivity contribution is 7.17. The molecule has 0 fully saturated rings. The third-order valence-corrected chi connectivity index (χ3v) is 4.40. The lowest BCUT2D eigenvalue weighted by Gasteiger charge is -2.24. The number of hydrogen-bond acceptors (Lipinski definition) is 4. The second-order valence-electron chi connectivity index (χ2n) is 5.02. The van der Waals surface area contributed by atoms with Gasteiger partial charge in [-0.1, -0.05) is 41.5 Å².